The molecule has 0 aliphatic carbocycles. The van der Waals surface area contributed by atoms with E-state index >= 15 is 0 Å². The van der Waals surface area contributed by atoms with Gasteiger partial charge < -0.3 is 5.32 Å². The topological polar surface area (TPSA) is 113 Å². The Morgan fingerprint density at radius 1 is 0.974 bits per heavy atom. The molecule has 3 aromatic carbocycles. The number of nitrogens with one attached hydrogen (secondary N) is 2. The maximum absolute atomic E-state index is 13.1. The van der Waals surface area contributed by atoms with Crippen LogP contribution in [0.5, 0.6) is 0 Å². The number of benzene rings is 3. The third-order valence-electron chi connectivity index (χ3n) is 5.09. The Morgan fingerprint density at radius 2 is 1.58 bits per heavy atom. The predicted octanol–water partition coefficient (Wildman–Crippen LogP) is 5.64. The van der Waals surface area contributed by atoms with Gasteiger partial charge in [0.25, 0.3) is 10.0 Å². The van der Waals surface area contributed by atoms with Crippen LogP contribution in [-0.4, -0.2) is 35.5 Å². The van der Waals surface area contributed by atoms with Crippen molar-refractivity contribution in [2.75, 3.05) is 27.1 Å². The average Bonchev–Trinajstić information content (AvgIpc) is 2.79. The molecule has 0 radical (unpaired) electrons. The highest BCUT2D eigenvalue weighted by Gasteiger charge is 2.33. The Bertz CT molecular complexity index is 1580. The van der Waals surface area contributed by atoms with Gasteiger partial charge in [-0.2, -0.15) is 13.2 Å². The second-order valence-corrected chi connectivity index (χ2v) is 12.9. The molecule has 2 N–H and O–H groups in total. The van der Waals surface area contributed by atoms with Gasteiger partial charge >= 0.3 is 6.18 Å². The zero-order valence-corrected chi connectivity index (χ0v) is 23.7. The number of halogens is 5. The fraction of sp³-hybridized carbons (Fsp3) is 0.174. The van der Waals surface area contributed by atoms with Crippen molar-refractivity contribution in [3.8, 4) is 0 Å². The molecule has 3 rings (SSSR count). The van der Waals surface area contributed by atoms with E-state index in [2.05, 4.69) is 26.0 Å². The lowest BCUT2D eigenvalue weighted by Crippen LogP contribution is -2.37. The van der Waals surface area contributed by atoms with Crippen molar-refractivity contribution < 1.29 is 34.8 Å². The van der Waals surface area contributed by atoms with Crippen LogP contribution < -0.4 is 14.3 Å². The smallest absolute Gasteiger partial charge is 0.325 e. The molecule has 0 saturated heterocycles. The highest BCUT2D eigenvalue weighted by Crippen LogP contribution is 2.36. The van der Waals surface area contributed by atoms with Gasteiger partial charge in [0.05, 0.1) is 27.4 Å². The Morgan fingerprint density at radius 3 is 2.13 bits per heavy atom. The summed E-state index contributed by atoms with van der Waals surface area (Å²) in [5.41, 5.74) is -0.329. The summed E-state index contributed by atoms with van der Waals surface area (Å²) < 4.78 is 92.9. The minimum Gasteiger partial charge on any atom is -0.325 e. The average molecular weight is 655 g/mol. The largest absolute Gasteiger partial charge is 0.417 e. The number of carbonyl (C=O) groups is 1. The first-order chi connectivity index (χ1) is 17.5. The highest BCUT2D eigenvalue weighted by molar-refractivity contribution is 9.10. The van der Waals surface area contributed by atoms with Gasteiger partial charge in [-0.15, -0.1) is 0 Å². The zero-order valence-electron chi connectivity index (χ0n) is 19.7. The van der Waals surface area contributed by atoms with Crippen molar-refractivity contribution in [3.05, 3.63) is 81.3 Å². The van der Waals surface area contributed by atoms with Crippen LogP contribution in [-0.2, 0) is 31.0 Å². The van der Waals surface area contributed by atoms with Gasteiger partial charge in [-0.3, -0.25) is 13.8 Å². The summed E-state index contributed by atoms with van der Waals surface area (Å²) in [6.45, 7) is 1.22. The molecule has 0 fully saturated rings. The Kier molecular flexibility index (Phi) is 8.71. The number of amides is 1. The SMILES string of the molecule is Cc1cc(N(CC(=O)Nc2ccc(S(=O)(=O)Nc3ccc(Cl)c(C(F)(F)F)c3)cc2)S(C)(=O)=O)ccc1Br. The number of hydrogen-bond acceptors (Lipinski definition) is 5. The molecule has 0 heterocycles. The minimum atomic E-state index is -4.78. The van der Waals surface area contributed by atoms with E-state index < -0.39 is 49.3 Å². The van der Waals surface area contributed by atoms with Crippen molar-refractivity contribution in [1.82, 2.24) is 0 Å². The van der Waals surface area contributed by atoms with Crippen LogP contribution in [0.4, 0.5) is 30.2 Å². The monoisotopic (exact) mass is 653 g/mol. The van der Waals surface area contributed by atoms with Crippen molar-refractivity contribution >= 4 is 70.5 Å². The Balaban J connectivity index is 1.74. The first kappa shape index (κ1) is 29.7. The summed E-state index contributed by atoms with van der Waals surface area (Å²) in [4.78, 5) is 12.3. The molecule has 204 valence electrons. The second kappa shape index (κ2) is 11.1. The summed E-state index contributed by atoms with van der Waals surface area (Å²) in [7, 11) is -8.10. The predicted molar refractivity (Wildman–Crippen MR) is 143 cm³/mol. The standard InChI is InChI=1S/C23H20BrClF3N3O5S2/c1-14-11-17(6-9-20(14)24)31(37(2,33)34)13-22(32)29-15-3-7-18(8-4-15)38(35,36)30-16-5-10-21(25)19(12-16)23(26,27)28/h3-12,30H,13H2,1-2H3,(H,29,32). The van der Waals surface area contributed by atoms with Crippen LogP contribution in [0.3, 0.4) is 0 Å². The van der Waals surface area contributed by atoms with Crippen molar-refractivity contribution in [2.45, 2.75) is 18.0 Å². The van der Waals surface area contributed by atoms with Gasteiger partial charge in [-0.25, -0.2) is 16.8 Å². The quantitative estimate of drug-likeness (QED) is 0.327. The maximum Gasteiger partial charge on any atom is 0.417 e. The fourth-order valence-corrected chi connectivity index (χ4v) is 5.62. The summed E-state index contributed by atoms with van der Waals surface area (Å²) in [6, 6.07) is 12.2. The zero-order chi connectivity index (χ0) is 28.5. The first-order valence-corrected chi connectivity index (χ1v) is 15.0. The lowest BCUT2D eigenvalue weighted by molar-refractivity contribution is -0.137. The molecule has 0 aliphatic rings. The number of aryl methyl sites for hydroxylation is 1. The summed E-state index contributed by atoms with van der Waals surface area (Å²) >= 11 is 8.89. The lowest BCUT2D eigenvalue weighted by atomic mass is 10.2. The van der Waals surface area contributed by atoms with Crippen LogP contribution >= 0.6 is 27.5 Å². The molecule has 0 aliphatic heterocycles. The Labute approximate surface area is 231 Å². The van der Waals surface area contributed by atoms with Gasteiger partial charge in [0, 0.05) is 15.8 Å². The molecule has 3 aromatic rings. The van der Waals surface area contributed by atoms with Gasteiger partial charge in [0.2, 0.25) is 15.9 Å². The number of alkyl halides is 3. The molecule has 0 bridgehead atoms. The molecule has 0 saturated carbocycles. The number of nitrogens with zero attached hydrogens (tertiary/aromatic N) is 1. The van der Waals surface area contributed by atoms with E-state index in [4.69, 9.17) is 11.6 Å². The minimum absolute atomic E-state index is 0.167. The van der Waals surface area contributed by atoms with E-state index in [-0.39, 0.29) is 22.0 Å². The highest BCUT2D eigenvalue weighted by atomic mass is 79.9. The van der Waals surface area contributed by atoms with Crippen LogP contribution in [0.1, 0.15) is 11.1 Å². The van der Waals surface area contributed by atoms with Crippen LogP contribution in [0, 0.1) is 6.92 Å². The third kappa shape index (κ3) is 7.40. The molecule has 1 amide bonds. The third-order valence-corrected chi connectivity index (χ3v) is 8.85. The Hall–Kier alpha value is -2.81. The summed E-state index contributed by atoms with van der Waals surface area (Å²) in [6.07, 6.45) is -3.82. The molecule has 38 heavy (non-hydrogen) atoms. The first-order valence-electron chi connectivity index (χ1n) is 10.5. The second-order valence-electron chi connectivity index (χ2n) is 8.07. The van der Waals surface area contributed by atoms with Gasteiger partial charge in [0.15, 0.2) is 0 Å². The number of anilines is 3. The fourth-order valence-electron chi connectivity index (χ4n) is 3.25. The molecular weight excluding hydrogens is 635 g/mol. The van der Waals surface area contributed by atoms with Crippen molar-refractivity contribution in [1.29, 1.82) is 0 Å². The van der Waals surface area contributed by atoms with E-state index in [0.29, 0.717) is 6.07 Å². The van der Waals surface area contributed by atoms with E-state index in [0.717, 1.165) is 44.9 Å². The van der Waals surface area contributed by atoms with Crippen LogP contribution in [0.25, 0.3) is 0 Å². The molecule has 8 nitrogen and oxygen atoms in total. The van der Waals surface area contributed by atoms with Crippen LogP contribution in [0.15, 0.2) is 70.0 Å². The van der Waals surface area contributed by atoms with E-state index in [1.54, 1.807) is 19.1 Å². The van der Waals surface area contributed by atoms with Crippen LogP contribution in [0.2, 0.25) is 5.02 Å². The molecule has 0 aromatic heterocycles. The van der Waals surface area contributed by atoms with Gasteiger partial charge in [-0.05, 0) is 73.2 Å². The number of sulfonamides is 2. The lowest BCUT2D eigenvalue weighted by Gasteiger charge is -2.22. The molecule has 0 spiro atoms. The number of carbonyl (C=O) groups excluding carboxylic acids is 1. The normalized spacial score (nSPS) is 12.2. The maximum atomic E-state index is 13.1. The van der Waals surface area contributed by atoms with Gasteiger partial charge in [-0.1, -0.05) is 27.5 Å². The number of rotatable bonds is 8. The van der Waals surface area contributed by atoms with E-state index in [9.17, 15) is 34.8 Å². The van der Waals surface area contributed by atoms with Crippen molar-refractivity contribution in [2.24, 2.45) is 0 Å². The molecular formula is C23H20BrClF3N3O5S2. The van der Waals surface area contributed by atoms with Gasteiger partial charge in [0.1, 0.15) is 6.54 Å². The van der Waals surface area contributed by atoms with E-state index in [1.165, 1.54) is 18.2 Å². The summed E-state index contributed by atoms with van der Waals surface area (Å²) in [5.74, 6) is -0.689. The van der Waals surface area contributed by atoms with E-state index in [1.807, 2.05) is 0 Å². The molecule has 15 heteroatoms. The number of hydrogen-bond donors (Lipinski definition) is 2. The molecule has 0 atom stereocenters. The van der Waals surface area contributed by atoms with Crippen molar-refractivity contribution in [3.63, 3.8) is 0 Å². The molecule has 0 unspecified atom stereocenters. The summed E-state index contributed by atoms with van der Waals surface area (Å²) in [5, 5.41) is 1.91.